The molecule has 3 heteroatoms. The number of anilines is 1. The second-order valence-electron chi connectivity index (χ2n) is 4.42. The second kappa shape index (κ2) is 5.32. The Morgan fingerprint density at radius 3 is 2.94 bits per heavy atom. The lowest BCUT2D eigenvalue weighted by molar-refractivity contribution is 0.188. The van der Waals surface area contributed by atoms with Gasteiger partial charge in [0.1, 0.15) is 0 Å². The average Bonchev–Trinajstić information content (AvgIpc) is 2.52. The summed E-state index contributed by atoms with van der Waals surface area (Å²) in [5.74, 6) is 0. The van der Waals surface area contributed by atoms with Crippen LogP contribution in [0.2, 0.25) is 0 Å². The van der Waals surface area contributed by atoms with Gasteiger partial charge < -0.3 is 15.7 Å². The first kappa shape index (κ1) is 11.4. The maximum absolute atomic E-state index is 9.66. The summed E-state index contributed by atoms with van der Waals surface area (Å²) in [7, 11) is 0. The SMILES string of the molecule is NCC(O)CN1CCCCc2ccccc21. The monoisotopic (exact) mass is 220 g/mol. The predicted molar refractivity (Wildman–Crippen MR) is 66.7 cm³/mol. The summed E-state index contributed by atoms with van der Waals surface area (Å²) in [6.07, 6.45) is 3.13. The lowest BCUT2D eigenvalue weighted by Crippen LogP contribution is -2.37. The van der Waals surface area contributed by atoms with Crippen LogP contribution in [0.1, 0.15) is 18.4 Å². The molecule has 88 valence electrons. The number of hydrogen-bond acceptors (Lipinski definition) is 3. The molecule has 0 saturated heterocycles. The fourth-order valence-electron chi connectivity index (χ4n) is 2.29. The molecule has 1 heterocycles. The Labute approximate surface area is 96.9 Å². The predicted octanol–water partition coefficient (Wildman–Crippen LogP) is 1.15. The van der Waals surface area contributed by atoms with Crippen LogP contribution in [0.5, 0.6) is 0 Å². The Hall–Kier alpha value is -1.06. The van der Waals surface area contributed by atoms with E-state index in [4.69, 9.17) is 5.73 Å². The molecule has 3 nitrogen and oxygen atoms in total. The van der Waals surface area contributed by atoms with Crippen molar-refractivity contribution < 1.29 is 5.11 Å². The summed E-state index contributed by atoms with van der Waals surface area (Å²) in [5.41, 5.74) is 8.14. The maximum atomic E-state index is 9.66. The molecule has 0 spiro atoms. The smallest absolute Gasteiger partial charge is 0.0836 e. The number of nitrogens with two attached hydrogens (primary N) is 1. The van der Waals surface area contributed by atoms with E-state index in [-0.39, 0.29) is 0 Å². The molecule has 0 radical (unpaired) electrons. The molecule has 1 unspecified atom stereocenters. The zero-order chi connectivity index (χ0) is 11.4. The molecule has 16 heavy (non-hydrogen) atoms. The van der Waals surface area contributed by atoms with Crippen LogP contribution in [-0.2, 0) is 6.42 Å². The van der Waals surface area contributed by atoms with E-state index in [1.54, 1.807) is 0 Å². The van der Waals surface area contributed by atoms with Crippen LogP contribution in [0.4, 0.5) is 5.69 Å². The molecule has 3 N–H and O–H groups in total. The second-order valence-corrected chi connectivity index (χ2v) is 4.42. The zero-order valence-corrected chi connectivity index (χ0v) is 9.60. The fourth-order valence-corrected chi connectivity index (χ4v) is 2.29. The zero-order valence-electron chi connectivity index (χ0n) is 9.60. The van der Waals surface area contributed by atoms with Crippen LogP contribution >= 0.6 is 0 Å². The lowest BCUT2D eigenvalue weighted by atomic mass is 10.1. The van der Waals surface area contributed by atoms with Gasteiger partial charge in [-0.15, -0.1) is 0 Å². The van der Waals surface area contributed by atoms with Gasteiger partial charge in [-0.25, -0.2) is 0 Å². The largest absolute Gasteiger partial charge is 0.390 e. The van der Waals surface area contributed by atoms with Gasteiger partial charge >= 0.3 is 0 Å². The van der Waals surface area contributed by atoms with Gasteiger partial charge in [-0.2, -0.15) is 0 Å². The first-order valence-electron chi connectivity index (χ1n) is 6.02. The number of hydrogen-bond donors (Lipinski definition) is 2. The first-order chi connectivity index (χ1) is 7.81. The van der Waals surface area contributed by atoms with Crippen molar-refractivity contribution in [2.45, 2.75) is 25.4 Å². The van der Waals surface area contributed by atoms with E-state index in [2.05, 4.69) is 29.2 Å². The minimum Gasteiger partial charge on any atom is -0.390 e. The summed E-state index contributed by atoms with van der Waals surface area (Å²) in [6.45, 7) is 2.00. The Balaban J connectivity index is 2.19. The Kier molecular flexibility index (Phi) is 3.80. The third kappa shape index (κ3) is 2.54. The minimum absolute atomic E-state index is 0.332. The number of nitrogens with zero attached hydrogens (tertiary/aromatic N) is 1. The topological polar surface area (TPSA) is 49.5 Å². The summed E-state index contributed by atoms with van der Waals surface area (Å²) in [4.78, 5) is 2.26. The van der Waals surface area contributed by atoms with Crippen LogP contribution < -0.4 is 10.6 Å². The van der Waals surface area contributed by atoms with Gasteiger partial charge in [-0.05, 0) is 30.9 Å². The van der Waals surface area contributed by atoms with Crippen LogP contribution in [0, 0.1) is 0 Å². The minimum atomic E-state index is -0.425. The van der Waals surface area contributed by atoms with Gasteiger partial charge in [-0.3, -0.25) is 0 Å². The van der Waals surface area contributed by atoms with Crippen LogP contribution in [0.25, 0.3) is 0 Å². The third-order valence-corrected chi connectivity index (χ3v) is 3.16. The number of para-hydroxylation sites is 1. The van der Waals surface area contributed by atoms with E-state index in [1.807, 2.05) is 0 Å². The quantitative estimate of drug-likeness (QED) is 0.803. The highest BCUT2D eigenvalue weighted by atomic mass is 16.3. The summed E-state index contributed by atoms with van der Waals surface area (Å²) in [6, 6.07) is 8.47. The molecule has 0 saturated carbocycles. The third-order valence-electron chi connectivity index (χ3n) is 3.16. The normalized spacial score (nSPS) is 17.8. The molecule has 0 amide bonds. The maximum Gasteiger partial charge on any atom is 0.0836 e. The van der Waals surface area contributed by atoms with Crippen molar-refractivity contribution in [2.24, 2.45) is 5.73 Å². The van der Waals surface area contributed by atoms with E-state index in [0.29, 0.717) is 13.1 Å². The van der Waals surface area contributed by atoms with E-state index >= 15 is 0 Å². The van der Waals surface area contributed by atoms with Gasteiger partial charge in [0.2, 0.25) is 0 Å². The molecule has 0 bridgehead atoms. The Morgan fingerprint density at radius 1 is 1.31 bits per heavy atom. The van der Waals surface area contributed by atoms with Gasteiger partial charge in [0.05, 0.1) is 6.10 Å². The van der Waals surface area contributed by atoms with Gasteiger partial charge in [0.25, 0.3) is 0 Å². The highest BCUT2D eigenvalue weighted by Gasteiger charge is 2.16. The number of β-amino-alcohol motifs (C(OH)–C–C–N with tert-alkyl or cyclic N) is 1. The molecule has 1 atom stereocenters. The summed E-state index contributed by atoms with van der Waals surface area (Å²) in [5, 5.41) is 9.66. The van der Waals surface area contributed by atoms with Crippen LogP contribution in [0.3, 0.4) is 0 Å². The lowest BCUT2D eigenvalue weighted by Gasteiger charge is -2.26. The Morgan fingerprint density at radius 2 is 2.12 bits per heavy atom. The van der Waals surface area contributed by atoms with Crippen molar-refractivity contribution in [3.63, 3.8) is 0 Å². The molecule has 1 aliphatic heterocycles. The van der Waals surface area contributed by atoms with E-state index in [9.17, 15) is 5.11 Å². The molecule has 2 rings (SSSR count). The molecule has 1 aromatic carbocycles. The van der Waals surface area contributed by atoms with Crippen molar-refractivity contribution in [1.29, 1.82) is 0 Å². The molecule has 0 fully saturated rings. The van der Waals surface area contributed by atoms with Crippen LogP contribution in [0.15, 0.2) is 24.3 Å². The average molecular weight is 220 g/mol. The van der Waals surface area contributed by atoms with E-state index < -0.39 is 6.10 Å². The Bertz CT molecular complexity index is 340. The van der Waals surface area contributed by atoms with Crippen molar-refractivity contribution in [3.8, 4) is 0 Å². The highest BCUT2D eigenvalue weighted by Crippen LogP contribution is 2.25. The van der Waals surface area contributed by atoms with Crippen molar-refractivity contribution in [1.82, 2.24) is 0 Å². The molecular weight excluding hydrogens is 200 g/mol. The number of aliphatic hydroxyl groups is 1. The standard InChI is InChI=1S/C13H20N2O/c14-9-12(16)10-15-8-4-3-6-11-5-1-2-7-13(11)15/h1-2,5,7,12,16H,3-4,6,8-10,14H2. The van der Waals surface area contributed by atoms with E-state index in [0.717, 1.165) is 13.0 Å². The van der Waals surface area contributed by atoms with Gasteiger partial charge in [0, 0.05) is 25.3 Å². The highest BCUT2D eigenvalue weighted by molar-refractivity contribution is 5.54. The number of aryl methyl sites for hydroxylation is 1. The number of fused-ring (bicyclic) bond motifs is 1. The van der Waals surface area contributed by atoms with E-state index in [1.165, 1.54) is 24.1 Å². The summed E-state index contributed by atoms with van der Waals surface area (Å²) >= 11 is 0. The number of benzene rings is 1. The van der Waals surface area contributed by atoms with Gasteiger partial charge in [-0.1, -0.05) is 18.2 Å². The molecule has 0 aliphatic carbocycles. The van der Waals surface area contributed by atoms with Crippen molar-refractivity contribution in [2.75, 3.05) is 24.5 Å². The van der Waals surface area contributed by atoms with Gasteiger partial charge in [0.15, 0.2) is 0 Å². The van der Waals surface area contributed by atoms with Crippen molar-refractivity contribution in [3.05, 3.63) is 29.8 Å². The van der Waals surface area contributed by atoms with Crippen molar-refractivity contribution >= 4 is 5.69 Å². The molecule has 1 aliphatic rings. The number of rotatable bonds is 3. The summed E-state index contributed by atoms with van der Waals surface area (Å²) < 4.78 is 0. The first-order valence-corrected chi connectivity index (χ1v) is 6.02. The molecular formula is C13H20N2O. The molecule has 0 aromatic heterocycles. The van der Waals surface area contributed by atoms with Crippen LogP contribution in [-0.4, -0.2) is 30.8 Å². The number of aliphatic hydroxyl groups excluding tert-OH is 1. The molecule has 1 aromatic rings. The fraction of sp³-hybridized carbons (Fsp3) is 0.538.